The highest BCUT2D eigenvalue weighted by Gasteiger charge is 2.25. The minimum absolute atomic E-state index is 0.114. The summed E-state index contributed by atoms with van der Waals surface area (Å²) in [6.07, 6.45) is 0. The number of rotatable bonds is 7. The highest BCUT2D eigenvalue weighted by Crippen LogP contribution is 2.34. The van der Waals surface area contributed by atoms with Crippen LogP contribution in [0.4, 0.5) is 0 Å². The molecule has 0 atom stereocenters. The predicted octanol–water partition coefficient (Wildman–Crippen LogP) is 6.26. The first-order valence-corrected chi connectivity index (χ1v) is 12.0. The summed E-state index contributed by atoms with van der Waals surface area (Å²) in [5.41, 5.74) is 1.61. The van der Waals surface area contributed by atoms with Gasteiger partial charge in [-0.25, -0.2) is 0 Å². The Bertz CT molecular complexity index is 1150. The molecule has 3 heterocycles. The van der Waals surface area contributed by atoms with E-state index in [2.05, 4.69) is 10.2 Å². The molecule has 0 aliphatic heterocycles. The smallest absolute Gasteiger partial charge is 0.290 e. The summed E-state index contributed by atoms with van der Waals surface area (Å²) in [5.74, 6) is 0.872. The second-order valence-corrected chi connectivity index (χ2v) is 10.5. The third-order valence-corrected chi connectivity index (χ3v) is 7.60. The lowest BCUT2D eigenvalue weighted by Crippen LogP contribution is -2.30. The van der Waals surface area contributed by atoms with Crippen molar-refractivity contribution in [3.05, 3.63) is 61.9 Å². The number of aromatic nitrogens is 2. The standard InChI is InChI=1S/C20H18ClN3O2S3/c1-3-24(10-13-8-9-17(21)29-13)19(25)18-15(11-27-20-23-22-12(2)28-20)14-6-4-5-7-16(14)26-18/h4-9H,3,10-11H2,1-2H3. The van der Waals surface area contributed by atoms with Crippen molar-refractivity contribution in [2.75, 3.05) is 6.54 Å². The number of halogens is 1. The summed E-state index contributed by atoms with van der Waals surface area (Å²) < 4.78 is 7.62. The average Bonchev–Trinajstić information content (AvgIpc) is 3.42. The van der Waals surface area contributed by atoms with E-state index in [0.717, 1.165) is 35.1 Å². The van der Waals surface area contributed by atoms with Gasteiger partial charge in [-0.2, -0.15) is 0 Å². The molecule has 5 nitrogen and oxygen atoms in total. The van der Waals surface area contributed by atoms with Crippen LogP contribution >= 0.6 is 46.0 Å². The van der Waals surface area contributed by atoms with E-state index < -0.39 is 0 Å². The van der Waals surface area contributed by atoms with Crippen LogP contribution in [0, 0.1) is 6.92 Å². The fourth-order valence-electron chi connectivity index (χ4n) is 2.98. The van der Waals surface area contributed by atoms with Crippen molar-refractivity contribution >= 4 is 62.9 Å². The molecule has 0 bridgehead atoms. The van der Waals surface area contributed by atoms with E-state index in [9.17, 15) is 4.79 Å². The van der Waals surface area contributed by atoms with Gasteiger partial charge in [0.1, 0.15) is 10.6 Å². The first-order valence-electron chi connectivity index (χ1n) is 9.02. The Balaban J connectivity index is 1.64. The minimum Gasteiger partial charge on any atom is -0.451 e. The number of thiophene rings is 1. The number of nitrogens with zero attached hydrogens (tertiary/aromatic N) is 3. The molecule has 3 aromatic heterocycles. The van der Waals surface area contributed by atoms with E-state index in [4.69, 9.17) is 16.0 Å². The highest BCUT2D eigenvalue weighted by molar-refractivity contribution is 8.00. The SMILES string of the molecule is CCN(Cc1ccc(Cl)s1)C(=O)c1oc2ccccc2c1CSc1nnc(C)s1. The molecule has 1 amide bonds. The van der Waals surface area contributed by atoms with Crippen LogP contribution in [0.5, 0.6) is 0 Å². The minimum atomic E-state index is -0.114. The number of carbonyl (C=O) groups excluding carboxylic acids is 1. The molecule has 0 N–H and O–H groups in total. The van der Waals surface area contributed by atoms with E-state index in [-0.39, 0.29) is 5.91 Å². The fourth-order valence-corrected chi connectivity index (χ4v) is 5.93. The van der Waals surface area contributed by atoms with Gasteiger partial charge in [-0.3, -0.25) is 4.79 Å². The molecule has 0 saturated heterocycles. The number of fused-ring (bicyclic) bond motifs is 1. The van der Waals surface area contributed by atoms with Crippen LogP contribution in [-0.2, 0) is 12.3 Å². The monoisotopic (exact) mass is 463 g/mol. The molecule has 9 heteroatoms. The molecule has 0 aliphatic rings. The van der Waals surface area contributed by atoms with Gasteiger partial charge in [-0.15, -0.1) is 21.5 Å². The number of hydrogen-bond acceptors (Lipinski definition) is 7. The van der Waals surface area contributed by atoms with Crippen molar-refractivity contribution < 1.29 is 9.21 Å². The van der Waals surface area contributed by atoms with Crippen LogP contribution in [0.2, 0.25) is 4.34 Å². The molecule has 0 saturated carbocycles. The summed E-state index contributed by atoms with van der Waals surface area (Å²) in [5, 5.41) is 10.1. The summed E-state index contributed by atoms with van der Waals surface area (Å²) in [6, 6.07) is 11.6. The number of hydrogen-bond donors (Lipinski definition) is 0. The normalized spacial score (nSPS) is 11.3. The topological polar surface area (TPSA) is 59.2 Å². The quantitative estimate of drug-likeness (QED) is 0.302. The zero-order valence-corrected chi connectivity index (χ0v) is 19.1. The van der Waals surface area contributed by atoms with Crippen LogP contribution in [0.25, 0.3) is 11.0 Å². The predicted molar refractivity (Wildman–Crippen MR) is 120 cm³/mol. The molecule has 0 fully saturated rings. The second kappa shape index (κ2) is 8.87. The van der Waals surface area contributed by atoms with Gasteiger partial charge in [0.05, 0.1) is 10.9 Å². The number of aryl methyl sites for hydroxylation is 1. The first kappa shape index (κ1) is 20.4. The van der Waals surface area contributed by atoms with Gasteiger partial charge in [-0.05, 0) is 32.0 Å². The third kappa shape index (κ3) is 4.50. The molecule has 1 aromatic carbocycles. The lowest BCUT2D eigenvalue weighted by atomic mass is 10.1. The Morgan fingerprint density at radius 3 is 2.72 bits per heavy atom. The molecule has 4 aromatic rings. The van der Waals surface area contributed by atoms with E-state index in [1.807, 2.05) is 50.2 Å². The molecule has 4 rings (SSSR count). The van der Waals surface area contributed by atoms with Gasteiger partial charge in [0.2, 0.25) is 0 Å². The van der Waals surface area contributed by atoms with Gasteiger partial charge in [-0.1, -0.05) is 52.9 Å². The van der Waals surface area contributed by atoms with Gasteiger partial charge in [0.25, 0.3) is 5.91 Å². The second-order valence-electron chi connectivity index (χ2n) is 6.31. The van der Waals surface area contributed by atoms with E-state index in [0.29, 0.717) is 24.6 Å². The Hall–Kier alpha value is -1.87. The maximum Gasteiger partial charge on any atom is 0.290 e. The largest absolute Gasteiger partial charge is 0.451 e. The van der Waals surface area contributed by atoms with Gasteiger partial charge >= 0.3 is 0 Å². The van der Waals surface area contributed by atoms with Crippen molar-refractivity contribution in [3.8, 4) is 0 Å². The van der Waals surface area contributed by atoms with Gasteiger partial charge in [0, 0.05) is 28.1 Å². The Kier molecular flexibility index (Phi) is 6.24. The number of benzene rings is 1. The third-order valence-electron chi connectivity index (χ3n) is 4.38. The summed E-state index contributed by atoms with van der Waals surface area (Å²) >= 11 is 10.7. The van der Waals surface area contributed by atoms with Crippen molar-refractivity contribution in [2.45, 2.75) is 30.5 Å². The lowest BCUT2D eigenvalue weighted by molar-refractivity contribution is 0.0723. The van der Waals surface area contributed by atoms with Gasteiger partial charge < -0.3 is 9.32 Å². The van der Waals surface area contributed by atoms with Crippen LogP contribution in [0.1, 0.15) is 32.9 Å². The number of thioether (sulfide) groups is 1. The number of carbonyl (C=O) groups is 1. The first-order chi connectivity index (χ1) is 14.0. The molecular formula is C20H18ClN3O2S3. The highest BCUT2D eigenvalue weighted by atomic mass is 35.5. The van der Waals surface area contributed by atoms with Crippen molar-refractivity contribution in [1.29, 1.82) is 0 Å². The summed E-state index contributed by atoms with van der Waals surface area (Å²) in [4.78, 5) is 16.2. The summed E-state index contributed by atoms with van der Waals surface area (Å²) in [7, 11) is 0. The molecule has 0 radical (unpaired) electrons. The lowest BCUT2D eigenvalue weighted by Gasteiger charge is -2.19. The molecular weight excluding hydrogens is 446 g/mol. The number of amides is 1. The van der Waals surface area contributed by atoms with Crippen LogP contribution < -0.4 is 0 Å². The van der Waals surface area contributed by atoms with Crippen molar-refractivity contribution in [1.82, 2.24) is 15.1 Å². The average molecular weight is 464 g/mol. The Morgan fingerprint density at radius 2 is 2.03 bits per heavy atom. The number of para-hydroxylation sites is 1. The van der Waals surface area contributed by atoms with E-state index in [1.165, 1.54) is 11.3 Å². The van der Waals surface area contributed by atoms with Crippen LogP contribution in [0.15, 0.2) is 45.2 Å². The van der Waals surface area contributed by atoms with Crippen LogP contribution in [0.3, 0.4) is 0 Å². The van der Waals surface area contributed by atoms with Gasteiger partial charge in [0.15, 0.2) is 10.1 Å². The van der Waals surface area contributed by atoms with E-state index in [1.54, 1.807) is 28.0 Å². The molecule has 29 heavy (non-hydrogen) atoms. The fraction of sp³-hybridized carbons (Fsp3) is 0.250. The van der Waals surface area contributed by atoms with Crippen molar-refractivity contribution in [3.63, 3.8) is 0 Å². The number of furan rings is 1. The van der Waals surface area contributed by atoms with E-state index >= 15 is 0 Å². The van der Waals surface area contributed by atoms with Crippen LogP contribution in [-0.4, -0.2) is 27.5 Å². The molecule has 0 spiro atoms. The molecule has 150 valence electrons. The zero-order chi connectivity index (χ0) is 20.4. The molecule has 0 unspecified atom stereocenters. The zero-order valence-electron chi connectivity index (χ0n) is 15.8. The maximum absolute atomic E-state index is 13.4. The van der Waals surface area contributed by atoms with Crippen molar-refractivity contribution in [2.24, 2.45) is 0 Å². The Morgan fingerprint density at radius 1 is 1.21 bits per heavy atom. The maximum atomic E-state index is 13.4. The Labute approximate surface area is 185 Å². The summed E-state index contributed by atoms with van der Waals surface area (Å²) in [6.45, 7) is 4.98. The molecule has 0 aliphatic carbocycles.